The number of amides is 1. The SMILES string of the molecule is CCOc1nc(C(=O)NCC2CCN(Cc3cccc(-c4ccccc4)c3)CC2)cc(N)c1C#N. The lowest BCUT2D eigenvalue weighted by Crippen LogP contribution is -2.38. The number of carbonyl (C=O) groups excluding carboxylic acids is 1. The topological polar surface area (TPSA) is 104 Å². The molecule has 180 valence electrons. The molecule has 1 aromatic heterocycles. The number of nitrogens with zero attached hydrogens (tertiary/aromatic N) is 3. The Morgan fingerprint density at radius 2 is 1.89 bits per heavy atom. The van der Waals surface area contributed by atoms with Crippen LogP contribution in [0.3, 0.4) is 0 Å². The second-order valence-electron chi connectivity index (χ2n) is 8.82. The van der Waals surface area contributed by atoms with Crippen LogP contribution in [0.1, 0.15) is 41.4 Å². The monoisotopic (exact) mass is 469 g/mol. The number of pyridine rings is 1. The van der Waals surface area contributed by atoms with Crippen molar-refractivity contribution >= 4 is 11.6 Å². The molecule has 0 unspecified atom stereocenters. The van der Waals surface area contributed by atoms with Crippen LogP contribution in [0.25, 0.3) is 11.1 Å². The normalized spacial score (nSPS) is 14.3. The van der Waals surface area contributed by atoms with Gasteiger partial charge in [-0.05, 0) is 67.6 Å². The predicted molar refractivity (Wildman–Crippen MR) is 137 cm³/mol. The molecule has 1 aliphatic rings. The van der Waals surface area contributed by atoms with E-state index in [2.05, 4.69) is 63.7 Å². The highest BCUT2D eigenvalue weighted by molar-refractivity contribution is 5.93. The lowest BCUT2D eigenvalue weighted by molar-refractivity contribution is 0.0929. The lowest BCUT2D eigenvalue weighted by atomic mass is 9.96. The molecule has 4 rings (SSSR count). The van der Waals surface area contributed by atoms with Crippen LogP contribution in [0.5, 0.6) is 5.88 Å². The first kappa shape index (κ1) is 24.2. The van der Waals surface area contributed by atoms with Crippen molar-refractivity contribution in [2.45, 2.75) is 26.3 Å². The van der Waals surface area contributed by atoms with Crippen molar-refractivity contribution in [2.24, 2.45) is 5.92 Å². The van der Waals surface area contributed by atoms with E-state index in [0.717, 1.165) is 32.5 Å². The summed E-state index contributed by atoms with van der Waals surface area (Å²) in [5.41, 5.74) is 10.2. The summed E-state index contributed by atoms with van der Waals surface area (Å²) in [5, 5.41) is 12.2. The minimum Gasteiger partial charge on any atom is -0.477 e. The van der Waals surface area contributed by atoms with Crippen LogP contribution in [0.15, 0.2) is 60.7 Å². The van der Waals surface area contributed by atoms with Gasteiger partial charge in [-0.3, -0.25) is 9.69 Å². The van der Waals surface area contributed by atoms with E-state index in [1.165, 1.54) is 22.8 Å². The second kappa shape index (κ2) is 11.5. The molecule has 0 atom stereocenters. The first-order valence-electron chi connectivity index (χ1n) is 12.1. The number of carbonyl (C=O) groups is 1. The van der Waals surface area contributed by atoms with Crippen molar-refractivity contribution in [3.8, 4) is 23.1 Å². The van der Waals surface area contributed by atoms with Gasteiger partial charge in [-0.25, -0.2) is 4.98 Å². The number of likely N-dealkylation sites (tertiary alicyclic amines) is 1. The molecule has 35 heavy (non-hydrogen) atoms. The summed E-state index contributed by atoms with van der Waals surface area (Å²) in [4.78, 5) is 19.3. The maximum atomic E-state index is 12.7. The Bertz CT molecular complexity index is 1200. The maximum Gasteiger partial charge on any atom is 0.270 e. The minimum atomic E-state index is -0.303. The van der Waals surface area contributed by atoms with Crippen molar-refractivity contribution in [1.29, 1.82) is 5.26 Å². The molecular weight excluding hydrogens is 438 g/mol. The molecule has 1 saturated heterocycles. The molecule has 2 heterocycles. The highest BCUT2D eigenvalue weighted by atomic mass is 16.5. The van der Waals surface area contributed by atoms with E-state index in [4.69, 9.17) is 10.5 Å². The zero-order chi connectivity index (χ0) is 24.6. The summed E-state index contributed by atoms with van der Waals surface area (Å²) in [6.45, 7) is 5.62. The lowest BCUT2D eigenvalue weighted by Gasteiger charge is -2.32. The number of nitrogen functional groups attached to an aromatic ring is 1. The molecule has 3 N–H and O–H groups in total. The quantitative estimate of drug-likeness (QED) is 0.511. The zero-order valence-corrected chi connectivity index (χ0v) is 20.0. The first-order chi connectivity index (χ1) is 17.1. The average molecular weight is 470 g/mol. The molecule has 0 spiro atoms. The fourth-order valence-corrected chi connectivity index (χ4v) is 4.42. The van der Waals surface area contributed by atoms with Crippen molar-refractivity contribution in [3.63, 3.8) is 0 Å². The van der Waals surface area contributed by atoms with E-state index in [1.807, 2.05) is 12.1 Å². The fraction of sp³-hybridized carbons (Fsp3) is 0.321. The molecular formula is C28H31N5O2. The number of aromatic nitrogens is 1. The summed E-state index contributed by atoms with van der Waals surface area (Å²) < 4.78 is 5.39. The van der Waals surface area contributed by atoms with Gasteiger partial charge in [-0.2, -0.15) is 5.26 Å². The van der Waals surface area contributed by atoms with Crippen molar-refractivity contribution in [1.82, 2.24) is 15.2 Å². The molecule has 2 aromatic carbocycles. The van der Waals surface area contributed by atoms with Crippen LogP contribution in [0, 0.1) is 17.2 Å². The van der Waals surface area contributed by atoms with E-state index >= 15 is 0 Å². The van der Waals surface area contributed by atoms with Crippen LogP contribution in [0.2, 0.25) is 0 Å². The highest BCUT2D eigenvalue weighted by Gasteiger charge is 2.21. The Hall–Kier alpha value is -3.89. The number of rotatable bonds is 8. The van der Waals surface area contributed by atoms with Gasteiger partial charge >= 0.3 is 0 Å². The number of piperidine rings is 1. The van der Waals surface area contributed by atoms with Crippen LogP contribution in [-0.2, 0) is 6.54 Å². The minimum absolute atomic E-state index is 0.102. The van der Waals surface area contributed by atoms with E-state index in [9.17, 15) is 10.1 Å². The number of anilines is 1. The molecule has 0 aliphatic carbocycles. The summed E-state index contributed by atoms with van der Waals surface area (Å²) >= 11 is 0. The van der Waals surface area contributed by atoms with Gasteiger partial charge < -0.3 is 15.8 Å². The molecule has 0 saturated carbocycles. The second-order valence-corrected chi connectivity index (χ2v) is 8.82. The third-order valence-corrected chi connectivity index (χ3v) is 6.34. The predicted octanol–water partition coefficient (Wildman–Crippen LogP) is 4.24. The molecule has 1 amide bonds. The standard InChI is InChI=1S/C28H31N5O2/c1-2-35-28-24(17-29)25(30)16-26(32-28)27(34)31-18-20-11-13-33(14-12-20)19-21-7-6-10-23(15-21)22-8-4-3-5-9-22/h3-10,15-16,20H,2,11-14,18-19H2,1H3,(H2,30,32)(H,31,34). The number of nitriles is 1. The number of benzene rings is 2. The summed E-state index contributed by atoms with van der Waals surface area (Å²) in [5.74, 6) is 0.208. The van der Waals surface area contributed by atoms with Gasteiger partial charge in [0.2, 0.25) is 5.88 Å². The van der Waals surface area contributed by atoms with Gasteiger partial charge in [0.25, 0.3) is 5.91 Å². The van der Waals surface area contributed by atoms with Crippen molar-refractivity contribution in [3.05, 3.63) is 77.5 Å². The Morgan fingerprint density at radius 3 is 2.60 bits per heavy atom. The zero-order valence-electron chi connectivity index (χ0n) is 20.0. The Morgan fingerprint density at radius 1 is 1.14 bits per heavy atom. The largest absolute Gasteiger partial charge is 0.477 e. The first-order valence-corrected chi connectivity index (χ1v) is 12.1. The fourth-order valence-electron chi connectivity index (χ4n) is 4.42. The van der Waals surface area contributed by atoms with Crippen LogP contribution in [-0.4, -0.2) is 42.0 Å². The van der Waals surface area contributed by atoms with Crippen LogP contribution >= 0.6 is 0 Å². The van der Waals surface area contributed by atoms with Crippen molar-refractivity contribution in [2.75, 3.05) is 32.0 Å². The molecule has 1 fully saturated rings. The average Bonchev–Trinajstić information content (AvgIpc) is 2.89. The summed E-state index contributed by atoms with van der Waals surface area (Å²) in [7, 11) is 0. The number of nitrogens with one attached hydrogen (secondary N) is 1. The van der Waals surface area contributed by atoms with Gasteiger partial charge in [0.05, 0.1) is 12.3 Å². The Kier molecular flexibility index (Phi) is 7.96. The number of nitrogens with two attached hydrogens (primary N) is 1. The highest BCUT2D eigenvalue weighted by Crippen LogP contribution is 2.24. The Balaban J connectivity index is 1.28. The van der Waals surface area contributed by atoms with E-state index in [-0.39, 0.29) is 28.7 Å². The summed E-state index contributed by atoms with van der Waals surface area (Å²) in [6.07, 6.45) is 2.04. The van der Waals surface area contributed by atoms with E-state index in [0.29, 0.717) is 19.1 Å². The van der Waals surface area contributed by atoms with Gasteiger partial charge in [0, 0.05) is 13.1 Å². The third-order valence-electron chi connectivity index (χ3n) is 6.34. The number of hydrogen-bond acceptors (Lipinski definition) is 6. The van der Waals surface area contributed by atoms with Gasteiger partial charge in [-0.15, -0.1) is 0 Å². The Labute approximate surface area is 206 Å². The smallest absolute Gasteiger partial charge is 0.270 e. The van der Waals surface area contributed by atoms with Crippen molar-refractivity contribution < 1.29 is 9.53 Å². The molecule has 7 heteroatoms. The molecule has 1 aliphatic heterocycles. The molecule has 0 bridgehead atoms. The van der Waals surface area contributed by atoms with E-state index in [1.54, 1.807) is 6.92 Å². The van der Waals surface area contributed by atoms with Crippen LogP contribution < -0.4 is 15.8 Å². The molecule has 3 aromatic rings. The van der Waals surface area contributed by atoms with Gasteiger partial charge in [0.15, 0.2) is 0 Å². The third kappa shape index (κ3) is 6.17. The van der Waals surface area contributed by atoms with Crippen LogP contribution in [0.4, 0.5) is 5.69 Å². The summed E-state index contributed by atoms with van der Waals surface area (Å²) in [6, 6.07) is 22.6. The number of ether oxygens (including phenoxy) is 1. The van der Waals surface area contributed by atoms with Gasteiger partial charge in [0.1, 0.15) is 17.3 Å². The van der Waals surface area contributed by atoms with Gasteiger partial charge in [-0.1, -0.05) is 48.5 Å². The van der Waals surface area contributed by atoms with E-state index < -0.39 is 0 Å². The number of hydrogen-bond donors (Lipinski definition) is 2. The molecule has 7 nitrogen and oxygen atoms in total. The maximum absolute atomic E-state index is 12.7. The molecule has 0 radical (unpaired) electrons.